The predicted octanol–water partition coefficient (Wildman–Crippen LogP) is 4.30. The first-order valence-electron chi connectivity index (χ1n) is 9.08. The fraction of sp³-hybridized carbons (Fsp3) is 0.190. The van der Waals surface area contributed by atoms with Crippen LogP contribution in [-0.4, -0.2) is 23.5 Å². The first-order valence-corrected chi connectivity index (χ1v) is 9.46. The number of benzene rings is 2. The van der Waals surface area contributed by atoms with Gasteiger partial charge in [0.05, 0.1) is 0 Å². The number of halogens is 1. The summed E-state index contributed by atoms with van der Waals surface area (Å²) in [5.41, 5.74) is 1.31. The number of anilines is 1. The van der Waals surface area contributed by atoms with Crippen LogP contribution in [0.1, 0.15) is 40.0 Å². The van der Waals surface area contributed by atoms with Gasteiger partial charge in [-0.1, -0.05) is 29.7 Å². The van der Waals surface area contributed by atoms with Crippen LogP contribution in [0.15, 0.2) is 59.1 Å². The molecule has 0 atom stereocenters. The number of nitrogens with zero attached hydrogens (tertiary/aromatic N) is 1. The van der Waals surface area contributed by atoms with Gasteiger partial charge in [-0.25, -0.2) is 0 Å². The summed E-state index contributed by atoms with van der Waals surface area (Å²) in [7, 11) is 0. The largest absolute Gasteiger partial charge is 0.486 e. The van der Waals surface area contributed by atoms with Gasteiger partial charge in [0.15, 0.2) is 11.5 Å². The van der Waals surface area contributed by atoms with Crippen molar-refractivity contribution in [2.45, 2.75) is 20.0 Å². The minimum Gasteiger partial charge on any atom is -0.486 e. The van der Waals surface area contributed by atoms with E-state index in [4.69, 9.17) is 20.9 Å². The quantitative estimate of drug-likeness (QED) is 0.574. The fourth-order valence-corrected chi connectivity index (χ4v) is 2.63. The Kier molecular flexibility index (Phi) is 6.86. The van der Waals surface area contributed by atoms with E-state index in [0.29, 0.717) is 34.3 Å². The Bertz CT molecular complexity index is 986. The van der Waals surface area contributed by atoms with Crippen LogP contribution in [0.5, 0.6) is 5.75 Å². The summed E-state index contributed by atoms with van der Waals surface area (Å²) in [6, 6.07) is 15.2. The van der Waals surface area contributed by atoms with Gasteiger partial charge in [0.25, 0.3) is 11.8 Å². The van der Waals surface area contributed by atoms with E-state index in [0.717, 1.165) is 6.42 Å². The number of ether oxygens (including phenoxy) is 1. The lowest BCUT2D eigenvalue weighted by Gasteiger charge is -2.07. The second-order valence-corrected chi connectivity index (χ2v) is 6.65. The summed E-state index contributed by atoms with van der Waals surface area (Å²) in [5.74, 6) is 0.488. The van der Waals surface area contributed by atoms with E-state index in [1.54, 1.807) is 54.6 Å². The van der Waals surface area contributed by atoms with E-state index in [-0.39, 0.29) is 24.1 Å². The molecule has 1 heterocycles. The van der Waals surface area contributed by atoms with Crippen molar-refractivity contribution < 1.29 is 18.8 Å². The van der Waals surface area contributed by atoms with Crippen molar-refractivity contribution in [1.82, 2.24) is 10.5 Å². The minimum atomic E-state index is -0.276. The number of carbonyl (C=O) groups is 2. The first kappa shape index (κ1) is 20.4. The molecule has 0 spiro atoms. The zero-order valence-electron chi connectivity index (χ0n) is 15.8. The van der Waals surface area contributed by atoms with Gasteiger partial charge in [-0.3, -0.25) is 9.59 Å². The van der Waals surface area contributed by atoms with E-state index in [2.05, 4.69) is 15.8 Å². The van der Waals surface area contributed by atoms with Gasteiger partial charge in [-0.05, 0) is 48.9 Å². The van der Waals surface area contributed by atoms with E-state index in [9.17, 15) is 9.59 Å². The topological polar surface area (TPSA) is 93.5 Å². The molecule has 0 saturated heterocycles. The number of carbonyl (C=O) groups excluding carboxylic acids is 2. The van der Waals surface area contributed by atoms with Crippen LogP contribution in [0.3, 0.4) is 0 Å². The molecule has 0 fully saturated rings. The molecule has 8 heteroatoms. The lowest BCUT2D eigenvalue weighted by molar-refractivity contribution is 0.0943. The van der Waals surface area contributed by atoms with Crippen molar-refractivity contribution in [2.75, 3.05) is 11.9 Å². The van der Waals surface area contributed by atoms with Gasteiger partial charge in [-0.2, -0.15) is 0 Å². The van der Waals surface area contributed by atoms with Crippen molar-refractivity contribution in [3.8, 4) is 5.75 Å². The Morgan fingerprint density at radius 2 is 1.90 bits per heavy atom. The molecule has 2 aromatic carbocycles. The molecule has 2 N–H and O–H groups in total. The first-order chi connectivity index (χ1) is 14.0. The van der Waals surface area contributed by atoms with Crippen LogP contribution in [0.2, 0.25) is 5.02 Å². The maximum absolute atomic E-state index is 12.2. The van der Waals surface area contributed by atoms with Crippen molar-refractivity contribution in [2.24, 2.45) is 0 Å². The molecule has 29 heavy (non-hydrogen) atoms. The number of rotatable bonds is 8. The smallest absolute Gasteiger partial charge is 0.273 e. The molecule has 150 valence electrons. The number of nitrogens with one attached hydrogen (secondary N) is 2. The summed E-state index contributed by atoms with van der Waals surface area (Å²) in [4.78, 5) is 24.1. The van der Waals surface area contributed by atoms with E-state index in [1.165, 1.54) is 0 Å². The average molecular weight is 414 g/mol. The number of hydrogen-bond donors (Lipinski definition) is 2. The molecule has 2 amide bonds. The number of amides is 2. The highest BCUT2D eigenvalue weighted by atomic mass is 35.5. The van der Waals surface area contributed by atoms with Crippen LogP contribution in [-0.2, 0) is 6.61 Å². The summed E-state index contributed by atoms with van der Waals surface area (Å²) in [6.45, 7) is 2.68. The standard InChI is InChI=1S/C21H20ClN3O4/c1-2-10-23-21(27)19-12-18(29-25-19)13-28-17-8-6-16(7-9-17)24-20(26)14-4-3-5-15(22)11-14/h3-9,11-12H,2,10,13H2,1H3,(H,23,27)(H,24,26). The summed E-state index contributed by atoms with van der Waals surface area (Å²) < 4.78 is 10.7. The van der Waals surface area contributed by atoms with Crippen molar-refractivity contribution in [3.63, 3.8) is 0 Å². The van der Waals surface area contributed by atoms with Crippen LogP contribution in [0, 0.1) is 0 Å². The van der Waals surface area contributed by atoms with Crippen LogP contribution in [0.25, 0.3) is 0 Å². The molecule has 0 radical (unpaired) electrons. The van der Waals surface area contributed by atoms with E-state index >= 15 is 0 Å². The Morgan fingerprint density at radius 1 is 1.10 bits per heavy atom. The highest BCUT2D eigenvalue weighted by Crippen LogP contribution is 2.19. The third-order valence-electron chi connectivity index (χ3n) is 3.91. The second kappa shape index (κ2) is 9.75. The van der Waals surface area contributed by atoms with Crippen molar-refractivity contribution in [1.29, 1.82) is 0 Å². The van der Waals surface area contributed by atoms with Gasteiger partial charge in [0, 0.05) is 28.9 Å². The number of aromatic nitrogens is 1. The molecule has 0 bridgehead atoms. The molecular weight excluding hydrogens is 394 g/mol. The predicted molar refractivity (Wildman–Crippen MR) is 109 cm³/mol. The molecule has 0 aliphatic rings. The Morgan fingerprint density at radius 3 is 2.62 bits per heavy atom. The molecule has 7 nitrogen and oxygen atoms in total. The normalized spacial score (nSPS) is 10.4. The molecule has 0 saturated carbocycles. The highest BCUT2D eigenvalue weighted by Gasteiger charge is 2.12. The Labute approximate surface area is 173 Å². The number of hydrogen-bond acceptors (Lipinski definition) is 5. The maximum Gasteiger partial charge on any atom is 0.273 e. The fourth-order valence-electron chi connectivity index (χ4n) is 2.44. The van der Waals surface area contributed by atoms with Gasteiger partial charge in [-0.15, -0.1) is 0 Å². The molecule has 3 rings (SSSR count). The zero-order valence-corrected chi connectivity index (χ0v) is 16.5. The minimum absolute atomic E-state index is 0.127. The lowest BCUT2D eigenvalue weighted by atomic mass is 10.2. The van der Waals surface area contributed by atoms with E-state index < -0.39 is 0 Å². The average Bonchev–Trinajstić information content (AvgIpc) is 3.20. The summed E-state index contributed by atoms with van der Waals surface area (Å²) >= 11 is 5.91. The molecule has 0 aliphatic carbocycles. The monoisotopic (exact) mass is 413 g/mol. The van der Waals surface area contributed by atoms with Crippen LogP contribution < -0.4 is 15.4 Å². The summed E-state index contributed by atoms with van der Waals surface area (Å²) in [5, 5.41) is 9.76. The highest BCUT2D eigenvalue weighted by molar-refractivity contribution is 6.31. The van der Waals surface area contributed by atoms with Gasteiger partial charge < -0.3 is 19.9 Å². The van der Waals surface area contributed by atoms with Gasteiger partial charge in [0.1, 0.15) is 12.4 Å². The molecule has 3 aromatic rings. The zero-order chi connectivity index (χ0) is 20.6. The molecule has 0 aliphatic heterocycles. The third-order valence-corrected chi connectivity index (χ3v) is 4.14. The van der Waals surface area contributed by atoms with Gasteiger partial charge >= 0.3 is 0 Å². The van der Waals surface area contributed by atoms with Crippen LogP contribution >= 0.6 is 11.6 Å². The van der Waals surface area contributed by atoms with Crippen molar-refractivity contribution >= 4 is 29.1 Å². The Hall–Kier alpha value is -3.32. The Balaban J connectivity index is 1.52. The third kappa shape index (κ3) is 5.83. The lowest BCUT2D eigenvalue weighted by Crippen LogP contribution is -2.24. The molecule has 1 aromatic heterocycles. The van der Waals surface area contributed by atoms with Crippen molar-refractivity contribution in [3.05, 3.63) is 76.6 Å². The summed E-state index contributed by atoms with van der Waals surface area (Å²) in [6.07, 6.45) is 0.842. The molecular formula is C21H20ClN3O4. The second-order valence-electron chi connectivity index (χ2n) is 6.21. The van der Waals surface area contributed by atoms with Crippen LogP contribution in [0.4, 0.5) is 5.69 Å². The maximum atomic E-state index is 12.2. The van der Waals surface area contributed by atoms with E-state index in [1.807, 2.05) is 6.92 Å². The molecule has 0 unspecified atom stereocenters. The SMILES string of the molecule is CCCNC(=O)c1cc(COc2ccc(NC(=O)c3cccc(Cl)c3)cc2)on1. The van der Waals surface area contributed by atoms with Gasteiger partial charge in [0.2, 0.25) is 0 Å².